The van der Waals surface area contributed by atoms with Crippen LogP contribution < -0.4 is 10.6 Å². The lowest BCUT2D eigenvalue weighted by Gasteiger charge is -2.33. The van der Waals surface area contributed by atoms with Crippen LogP contribution in [0.5, 0.6) is 0 Å². The fraction of sp³-hybridized carbons (Fsp3) is 0.450. The Balaban J connectivity index is 1.50. The second-order valence-corrected chi connectivity index (χ2v) is 7.64. The van der Waals surface area contributed by atoms with Crippen molar-refractivity contribution < 1.29 is 4.79 Å². The number of guanidine groups is 1. The van der Waals surface area contributed by atoms with Gasteiger partial charge in [0.25, 0.3) is 0 Å². The summed E-state index contributed by atoms with van der Waals surface area (Å²) in [6.07, 6.45) is 2.66. The monoisotopic (exact) mass is 385 g/mol. The maximum absolute atomic E-state index is 11.5. The van der Waals surface area contributed by atoms with E-state index >= 15 is 0 Å². The van der Waals surface area contributed by atoms with Crippen molar-refractivity contribution in [2.75, 3.05) is 27.2 Å². The van der Waals surface area contributed by atoms with Crippen LogP contribution in [0.3, 0.4) is 0 Å². The van der Waals surface area contributed by atoms with Crippen LogP contribution in [0.15, 0.2) is 40.7 Å². The van der Waals surface area contributed by atoms with E-state index in [0.717, 1.165) is 48.2 Å². The fourth-order valence-corrected chi connectivity index (χ4v) is 4.08. The lowest BCUT2D eigenvalue weighted by molar-refractivity contribution is -0.121. The number of carbonyl (C=O) groups is 1. The van der Waals surface area contributed by atoms with Gasteiger partial charge >= 0.3 is 0 Å². The molecular weight excluding hydrogens is 358 g/mol. The minimum absolute atomic E-state index is 0.133. The van der Waals surface area contributed by atoms with Gasteiger partial charge < -0.3 is 15.5 Å². The Kier molecular flexibility index (Phi) is 6.81. The molecule has 0 aliphatic carbocycles. The molecule has 7 heteroatoms. The van der Waals surface area contributed by atoms with Crippen LogP contribution in [0.25, 0.3) is 11.3 Å². The number of carbonyl (C=O) groups excluding carboxylic acids is 1. The number of thiazole rings is 1. The van der Waals surface area contributed by atoms with Crippen LogP contribution >= 0.6 is 11.3 Å². The van der Waals surface area contributed by atoms with Crippen molar-refractivity contribution in [3.05, 3.63) is 40.7 Å². The van der Waals surface area contributed by atoms with E-state index in [1.54, 1.807) is 18.4 Å². The number of hydrogen-bond donors (Lipinski definition) is 2. The van der Waals surface area contributed by atoms with Gasteiger partial charge in [-0.1, -0.05) is 30.3 Å². The second kappa shape index (κ2) is 9.50. The van der Waals surface area contributed by atoms with Gasteiger partial charge in [0.2, 0.25) is 5.91 Å². The van der Waals surface area contributed by atoms with E-state index in [1.165, 1.54) is 0 Å². The van der Waals surface area contributed by atoms with Crippen LogP contribution in [0, 0.1) is 5.92 Å². The van der Waals surface area contributed by atoms with E-state index < -0.39 is 0 Å². The molecule has 0 bridgehead atoms. The highest BCUT2D eigenvalue weighted by atomic mass is 32.1. The topological polar surface area (TPSA) is 69.6 Å². The Morgan fingerprint density at radius 3 is 2.70 bits per heavy atom. The number of amides is 1. The van der Waals surface area contributed by atoms with Crippen molar-refractivity contribution in [2.24, 2.45) is 10.9 Å². The first kappa shape index (κ1) is 19.4. The molecule has 1 aliphatic heterocycles. The van der Waals surface area contributed by atoms with Gasteiger partial charge in [0.05, 0.1) is 12.2 Å². The molecule has 1 aromatic heterocycles. The SMILES string of the molecule is CN=C(NCc1nc(-c2ccccc2)cs1)N1CCC(CC(=O)NC)CC1. The predicted molar refractivity (Wildman–Crippen MR) is 111 cm³/mol. The molecule has 1 aliphatic rings. The van der Waals surface area contributed by atoms with Crippen LogP contribution in [0.2, 0.25) is 0 Å². The third-order valence-corrected chi connectivity index (χ3v) is 5.75. The Morgan fingerprint density at radius 2 is 2.04 bits per heavy atom. The van der Waals surface area contributed by atoms with Crippen molar-refractivity contribution in [3.63, 3.8) is 0 Å². The van der Waals surface area contributed by atoms with E-state index in [9.17, 15) is 4.79 Å². The average molecular weight is 386 g/mol. The van der Waals surface area contributed by atoms with Crippen molar-refractivity contribution in [3.8, 4) is 11.3 Å². The molecule has 0 saturated carbocycles. The summed E-state index contributed by atoms with van der Waals surface area (Å²) >= 11 is 1.66. The number of aliphatic imine (C=N–C) groups is 1. The van der Waals surface area contributed by atoms with Crippen LogP contribution in [0.4, 0.5) is 0 Å². The minimum atomic E-state index is 0.133. The minimum Gasteiger partial charge on any atom is -0.359 e. The number of nitrogens with zero attached hydrogens (tertiary/aromatic N) is 3. The molecule has 1 fully saturated rings. The Morgan fingerprint density at radius 1 is 1.30 bits per heavy atom. The van der Waals surface area contributed by atoms with Gasteiger partial charge in [-0.15, -0.1) is 11.3 Å². The van der Waals surface area contributed by atoms with Gasteiger partial charge in [0.15, 0.2) is 5.96 Å². The fourth-order valence-electron chi connectivity index (χ4n) is 3.33. The standard InChI is InChI=1S/C20H27N5OS/c1-21-18(26)12-15-8-10-25(11-9-15)20(22-2)23-13-19-24-17(14-27-19)16-6-4-3-5-7-16/h3-7,14-15H,8-13H2,1-2H3,(H,21,26)(H,22,23). The van der Waals surface area contributed by atoms with E-state index in [1.807, 2.05) is 25.2 Å². The summed E-state index contributed by atoms with van der Waals surface area (Å²) in [6, 6.07) is 10.2. The van der Waals surface area contributed by atoms with Gasteiger partial charge in [0, 0.05) is 44.5 Å². The molecule has 6 nitrogen and oxygen atoms in total. The zero-order valence-corrected chi connectivity index (χ0v) is 16.8. The quantitative estimate of drug-likeness (QED) is 0.613. The van der Waals surface area contributed by atoms with E-state index in [4.69, 9.17) is 4.98 Å². The van der Waals surface area contributed by atoms with Crippen molar-refractivity contribution in [1.29, 1.82) is 0 Å². The number of hydrogen-bond acceptors (Lipinski definition) is 4. The number of likely N-dealkylation sites (tertiary alicyclic amines) is 1. The summed E-state index contributed by atoms with van der Waals surface area (Å²) < 4.78 is 0. The van der Waals surface area contributed by atoms with E-state index in [-0.39, 0.29) is 5.91 Å². The molecule has 0 spiro atoms. The first-order valence-corrected chi connectivity index (χ1v) is 10.2. The number of rotatable bonds is 5. The molecule has 144 valence electrons. The number of aromatic nitrogens is 1. The lowest BCUT2D eigenvalue weighted by atomic mass is 9.93. The molecule has 0 unspecified atom stereocenters. The summed E-state index contributed by atoms with van der Waals surface area (Å²) in [5.74, 6) is 1.51. The second-order valence-electron chi connectivity index (χ2n) is 6.70. The highest BCUT2D eigenvalue weighted by Gasteiger charge is 2.23. The highest BCUT2D eigenvalue weighted by Crippen LogP contribution is 2.22. The van der Waals surface area contributed by atoms with Crippen LogP contribution in [0.1, 0.15) is 24.3 Å². The average Bonchev–Trinajstić information content (AvgIpc) is 3.19. The first-order chi connectivity index (χ1) is 13.2. The molecule has 2 N–H and O–H groups in total. The predicted octanol–water partition coefficient (Wildman–Crippen LogP) is 2.73. The maximum Gasteiger partial charge on any atom is 0.220 e. The molecule has 1 saturated heterocycles. The molecule has 27 heavy (non-hydrogen) atoms. The molecule has 1 aromatic carbocycles. The number of benzene rings is 1. The molecule has 3 rings (SSSR count). The third-order valence-electron chi connectivity index (χ3n) is 4.90. The summed E-state index contributed by atoms with van der Waals surface area (Å²) in [4.78, 5) is 23.0. The number of piperidine rings is 1. The van der Waals surface area contributed by atoms with Crippen LogP contribution in [-0.2, 0) is 11.3 Å². The maximum atomic E-state index is 11.5. The van der Waals surface area contributed by atoms with Gasteiger partial charge in [-0.25, -0.2) is 4.98 Å². The number of nitrogens with one attached hydrogen (secondary N) is 2. The zero-order valence-electron chi connectivity index (χ0n) is 15.9. The molecule has 0 atom stereocenters. The summed E-state index contributed by atoms with van der Waals surface area (Å²) in [7, 11) is 3.52. The van der Waals surface area contributed by atoms with E-state index in [0.29, 0.717) is 18.9 Å². The van der Waals surface area contributed by atoms with Gasteiger partial charge in [-0.3, -0.25) is 9.79 Å². The van der Waals surface area contributed by atoms with Crippen molar-refractivity contribution >= 4 is 23.2 Å². The Labute approximate surface area is 164 Å². The van der Waals surface area contributed by atoms with Gasteiger partial charge in [0.1, 0.15) is 5.01 Å². The van der Waals surface area contributed by atoms with Crippen LogP contribution in [-0.4, -0.2) is 48.9 Å². The molecule has 0 radical (unpaired) electrons. The normalized spacial score (nSPS) is 15.6. The molecule has 1 amide bonds. The highest BCUT2D eigenvalue weighted by molar-refractivity contribution is 7.09. The smallest absolute Gasteiger partial charge is 0.220 e. The molecule has 2 aromatic rings. The van der Waals surface area contributed by atoms with Crippen molar-refractivity contribution in [2.45, 2.75) is 25.8 Å². The summed E-state index contributed by atoms with van der Waals surface area (Å²) in [5, 5.41) is 9.29. The summed E-state index contributed by atoms with van der Waals surface area (Å²) in [5.41, 5.74) is 2.16. The van der Waals surface area contributed by atoms with E-state index in [2.05, 4.69) is 38.0 Å². The van der Waals surface area contributed by atoms with Crippen molar-refractivity contribution in [1.82, 2.24) is 20.5 Å². The van der Waals surface area contributed by atoms with Gasteiger partial charge in [-0.2, -0.15) is 0 Å². The summed E-state index contributed by atoms with van der Waals surface area (Å²) in [6.45, 7) is 2.52. The first-order valence-electron chi connectivity index (χ1n) is 9.35. The largest absolute Gasteiger partial charge is 0.359 e. The zero-order chi connectivity index (χ0) is 19.1. The Bertz CT molecular complexity index is 766. The lowest BCUT2D eigenvalue weighted by Crippen LogP contribution is -2.45. The third kappa shape index (κ3) is 5.29. The molecule has 2 heterocycles. The Hall–Kier alpha value is -2.41. The molecular formula is C20H27N5OS. The van der Waals surface area contributed by atoms with Gasteiger partial charge in [-0.05, 0) is 18.8 Å².